The van der Waals surface area contributed by atoms with Gasteiger partial charge in [0, 0.05) is 0 Å². The smallest absolute Gasteiger partial charge is 0.0809 e. The Labute approximate surface area is 206 Å². The van der Waals surface area contributed by atoms with E-state index in [0.29, 0.717) is 0 Å². The van der Waals surface area contributed by atoms with Crippen molar-refractivity contribution in [2.24, 2.45) is 5.41 Å². The van der Waals surface area contributed by atoms with Gasteiger partial charge in [0.15, 0.2) is 0 Å². The maximum Gasteiger partial charge on any atom is -0.0809 e. The van der Waals surface area contributed by atoms with Crippen LogP contribution >= 0.6 is 0 Å². The Balaban J connectivity index is -0.000000452. The summed E-state index contributed by atoms with van der Waals surface area (Å²) in [6.07, 6.45) is 19.7. The molecule has 0 atom stereocenters. The molecule has 0 saturated carbocycles. The van der Waals surface area contributed by atoms with Gasteiger partial charge in [0.05, 0.1) is 0 Å². The summed E-state index contributed by atoms with van der Waals surface area (Å²) in [5.74, 6) is 0. The zero-order valence-corrected chi connectivity index (χ0v) is 25.8. The molecule has 0 aliphatic rings. The molecule has 2 nitrogen and oxygen atoms in total. The van der Waals surface area contributed by atoms with E-state index in [9.17, 15) is 5.11 Å². The molecule has 3 radical (unpaired) electrons. The average Bonchev–Trinajstić information content (AvgIpc) is 2.79. The molecule has 0 saturated heterocycles. The summed E-state index contributed by atoms with van der Waals surface area (Å²) >= 11 is -0.839. The molecule has 189 valence electrons. The normalized spacial score (nSPS) is 11.0. The minimum Gasteiger partial charge on any atom is -0.855 e. The van der Waals surface area contributed by atoms with Gasteiger partial charge < -0.3 is 10.2 Å². The quantitative estimate of drug-likeness (QED) is 0.153. The summed E-state index contributed by atoms with van der Waals surface area (Å²) in [5, 5.41) is 20.4. The molecule has 3 heteroatoms. The van der Waals surface area contributed by atoms with Gasteiger partial charge in [-0.1, -0.05) is 66.2 Å². The Hall–Kier alpha value is 0.719. The van der Waals surface area contributed by atoms with Crippen LogP contribution in [0.3, 0.4) is 0 Å². The molecule has 0 amide bonds. The third-order valence-electron chi connectivity index (χ3n) is 6.14. The fourth-order valence-corrected chi connectivity index (χ4v) is 13.4. The Morgan fingerprint density at radius 1 is 0.484 bits per heavy atom. The molecule has 0 bridgehead atoms. The van der Waals surface area contributed by atoms with Crippen molar-refractivity contribution in [3.8, 4) is 0 Å². The Morgan fingerprint density at radius 3 is 0.935 bits per heavy atom. The first kappa shape index (κ1) is 36.3. The molecule has 0 N–H and O–H groups in total. The van der Waals surface area contributed by atoms with Crippen molar-refractivity contribution in [2.75, 3.05) is 13.2 Å². The first-order valence-electron chi connectivity index (χ1n) is 14.0. The van der Waals surface area contributed by atoms with E-state index in [2.05, 4.69) is 41.5 Å². The third kappa shape index (κ3) is 26.8. The van der Waals surface area contributed by atoms with E-state index >= 15 is 0 Å². The zero-order chi connectivity index (χ0) is 24.2. The Morgan fingerprint density at radius 2 is 0.742 bits per heavy atom. The minimum atomic E-state index is -0.839. The Bertz CT molecular complexity index is 256. The molecule has 0 spiro atoms. The molecule has 0 heterocycles. The molecule has 0 aromatic carbocycles. The van der Waals surface area contributed by atoms with Gasteiger partial charge in [-0.15, -0.1) is 13.2 Å². The predicted molar refractivity (Wildman–Crippen MR) is 141 cm³/mol. The summed E-state index contributed by atoms with van der Waals surface area (Å²) in [6.45, 7) is 15.4. The summed E-state index contributed by atoms with van der Waals surface area (Å²) in [6, 6.07) is 0. The molecule has 0 rings (SSSR count). The molecule has 0 aliphatic carbocycles. The average molecular weight is 549 g/mol. The van der Waals surface area contributed by atoms with Crippen LogP contribution in [0.5, 0.6) is 0 Å². The summed E-state index contributed by atoms with van der Waals surface area (Å²) in [4.78, 5) is 0. The van der Waals surface area contributed by atoms with E-state index in [0.717, 1.165) is 19.3 Å². The molecule has 0 aliphatic heterocycles. The van der Waals surface area contributed by atoms with Crippen molar-refractivity contribution < 1.29 is 10.2 Å². The molecular weight excluding hydrogens is 487 g/mol. The van der Waals surface area contributed by atoms with Crippen LogP contribution < -0.4 is 10.2 Å². The van der Waals surface area contributed by atoms with Gasteiger partial charge in [0.25, 0.3) is 0 Å². The van der Waals surface area contributed by atoms with E-state index in [-0.39, 0.29) is 18.6 Å². The molecule has 0 fully saturated rings. The predicted octanol–water partition coefficient (Wildman–Crippen LogP) is 8.15. The first-order valence-corrected chi connectivity index (χ1v) is 20.1. The van der Waals surface area contributed by atoms with Crippen LogP contribution in [0, 0.1) is 5.41 Å². The van der Waals surface area contributed by atoms with Crippen LogP contribution in [0.4, 0.5) is 0 Å². The van der Waals surface area contributed by atoms with Crippen molar-refractivity contribution in [1.29, 1.82) is 0 Å². The topological polar surface area (TPSA) is 46.1 Å². The fraction of sp³-hybridized carbons (Fsp3) is 1.00. The SMILES string of the molecule is CCCCC(C[O-])(CCCC)CCCC.CCC[CH2][Sn+2]([CH2]CCC)[CH2]CCC.CC[O-]. The zero-order valence-electron chi connectivity index (χ0n) is 23.0. The maximum atomic E-state index is 11.5. The third-order valence-corrected chi connectivity index (χ3v) is 15.2. The second-order valence-corrected chi connectivity index (χ2v) is 17.9. The van der Waals surface area contributed by atoms with Gasteiger partial charge in [-0.3, -0.25) is 0 Å². The van der Waals surface area contributed by atoms with E-state index in [1.165, 1.54) is 77.0 Å². The fourth-order valence-electron chi connectivity index (χ4n) is 3.90. The second kappa shape index (κ2) is 30.7. The van der Waals surface area contributed by atoms with E-state index in [1.54, 1.807) is 20.2 Å². The number of hydrogen-bond donors (Lipinski definition) is 0. The number of hydrogen-bond acceptors (Lipinski definition) is 2. The number of rotatable bonds is 19. The van der Waals surface area contributed by atoms with Gasteiger partial charge >= 0.3 is 92.4 Å². The van der Waals surface area contributed by atoms with E-state index < -0.39 is 19.8 Å². The van der Waals surface area contributed by atoms with E-state index in [1.807, 2.05) is 0 Å². The first-order chi connectivity index (χ1) is 15.0. The van der Waals surface area contributed by atoms with Gasteiger partial charge in [-0.25, -0.2) is 0 Å². The van der Waals surface area contributed by atoms with Crippen LogP contribution in [0.1, 0.15) is 145 Å². The standard InChI is InChI=1S/C14H29O.3C4H9.C2H5O.Sn/c1-4-7-10-14(13-15,11-8-5-2)12-9-6-3;3*1-3-4-2;1-2-3;/h4-13H2,1-3H3;3*1,3-4H2,2H3;2H2,1H3;/q-1;;;;-1;+2. The van der Waals surface area contributed by atoms with Crippen LogP contribution in [0.15, 0.2) is 0 Å². The molecule has 0 aromatic heterocycles. The van der Waals surface area contributed by atoms with Crippen LogP contribution in [-0.2, 0) is 0 Å². The van der Waals surface area contributed by atoms with Gasteiger partial charge in [-0.2, -0.15) is 0 Å². The summed E-state index contributed by atoms with van der Waals surface area (Å²) in [7, 11) is 0. The summed E-state index contributed by atoms with van der Waals surface area (Å²) < 4.78 is 5.04. The van der Waals surface area contributed by atoms with Gasteiger partial charge in [0.1, 0.15) is 0 Å². The minimum absolute atomic E-state index is 0. The monoisotopic (exact) mass is 549 g/mol. The largest absolute Gasteiger partial charge is 0.855 e. The van der Waals surface area contributed by atoms with Gasteiger partial charge in [0.2, 0.25) is 0 Å². The Kier molecular flexibility index (Phi) is 36.0. The van der Waals surface area contributed by atoms with Crippen molar-refractivity contribution in [3.05, 3.63) is 0 Å². The van der Waals surface area contributed by atoms with Crippen molar-refractivity contribution in [3.63, 3.8) is 0 Å². The molecule has 0 aromatic rings. The molecular formula is C28H61O2Sn. The second-order valence-electron chi connectivity index (χ2n) is 9.30. The van der Waals surface area contributed by atoms with Crippen molar-refractivity contribution >= 4 is 19.8 Å². The summed E-state index contributed by atoms with van der Waals surface area (Å²) in [5.41, 5.74) is 0.141. The number of unbranched alkanes of at least 4 members (excludes halogenated alkanes) is 6. The van der Waals surface area contributed by atoms with Crippen LogP contribution in [-0.4, -0.2) is 33.0 Å². The molecule has 31 heavy (non-hydrogen) atoms. The van der Waals surface area contributed by atoms with Crippen molar-refractivity contribution in [1.82, 2.24) is 0 Å². The van der Waals surface area contributed by atoms with Crippen molar-refractivity contribution in [2.45, 2.75) is 158 Å². The maximum absolute atomic E-state index is 11.5. The molecule has 0 unspecified atom stereocenters. The van der Waals surface area contributed by atoms with Crippen LogP contribution in [0.25, 0.3) is 0 Å². The van der Waals surface area contributed by atoms with E-state index in [4.69, 9.17) is 5.11 Å². The van der Waals surface area contributed by atoms with Crippen LogP contribution in [0.2, 0.25) is 13.3 Å². The van der Waals surface area contributed by atoms with Gasteiger partial charge in [-0.05, 0) is 24.7 Å².